The highest BCUT2D eigenvalue weighted by Crippen LogP contribution is 2.35. The van der Waals surface area contributed by atoms with Crippen molar-refractivity contribution in [3.05, 3.63) is 32.1 Å². The Morgan fingerprint density at radius 3 is 2.50 bits per heavy atom. The smallest absolute Gasteiger partial charge is 0.258 e. The maximum Gasteiger partial charge on any atom is 0.315 e. The van der Waals surface area contributed by atoms with E-state index in [9.17, 15) is 18.9 Å². The van der Waals surface area contributed by atoms with Crippen LogP contribution in [-0.2, 0) is 0 Å². The third-order valence-electron chi connectivity index (χ3n) is 1.37. The van der Waals surface area contributed by atoms with Gasteiger partial charge in [0.1, 0.15) is 10.7 Å². The van der Waals surface area contributed by atoms with Gasteiger partial charge in [-0.1, -0.05) is 23.2 Å². The number of alkyl halides is 2. The highest BCUT2D eigenvalue weighted by molar-refractivity contribution is 6.34. The van der Waals surface area contributed by atoms with Gasteiger partial charge in [0.05, 0.1) is 4.92 Å². The van der Waals surface area contributed by atoms with Gasteiger partial charge in [-0.05, 0) is 6.07 Å². The molecule has 0 radical (unpaired) electrons. The predicted octanol–water partition coefficient (Wildman–Crippen LogP) is 3.23. The van der Waals surface area contributed by atoms with E-state index in [0.29, 0.717) is 0 Å². The van der Waals surface area contributed by atoms with Gasteiger partial charge in [-0.3, -0.25) is 10.1 Å². The molecule has 14 heavy (non-hydrogen) atoms. The molecule has 4 nitrogen and oxygen atoms in total. The van der Waals surface area contributed by atoms with Gasteiger partial charge >= 0.3 is 5.69 Å². The number of nitro groups is 1. The van der Waals surface area contributed by atoms with Crippen LogP contribution in [0.15, 0.2) is 6.07 Å². The van der Waals surface area contributed by atoms with Gasteiger partial charge in [-0.25, -0.2) is 13.8 Å². The summed E-state index contributed by atoms with van der Waals surface area (Å²) < 4.78 is 24.6. The highest BCUT2D eigenvalue weighted by Gasteiger charge is 2.27. The number of pyridine rings is 1. The summed E-state index contributed by atoms with van der Waals surface area (Å²) in [6.07, 6.45) is -3.02. The first-order valence-corrected chi connectivity index (χ1v) is 3.97. The molecule has 0 aliphatic rings. The van der Waals surface area contributed by atoms with Crippen molar-refractivity contribution in [1.29, 1.82) is 0 Å². The van der Waals surface area contributed by atoms with Crippen LogP contribution in [0.2, 0.25) is 10.3 Å². The quantitative estimate of drug-likeness (QED) is 0.455. The van der Waals surface area contributed by atoms with Gasteiger partial charge in [-0.2, -0.15) is 0 Å². The lowest BCUT2D eigenvalue weighted by atomic mass is 10.2. The summed E-state index contributed by atoms with van der Waals surface area (Å²) in [4.78, 5) is 12.6. The number of rotatable bonds is 2. The van der Waals surface area contributed by atoms with Gasteiger partial charge in [0, 0.05) is 0 Å². The fraction of sp³-hybridized carbons (Fsp3) is 0.167. The minimum atomic E-state index is -3.02. The van der Waals surface area contributed by atoms with Crippen LogP contribution in [0.3, 0.4) is 0 Å². The standard InChI is InChI=1S/C6H2Cl2F2N2O2/c7-3-1-2(6(9)10)4(12(13)14)5(8)11-3/h1,6H. The summed E-state index contributed by atoms with van der Waals surface area (Å²) in [5.74, 6) is 0. The Morgan fingerprint density at radius 1 is 1.50 bits per heavy atom. The first kappa shape index (κ1) is 11.1. The molecule has 0 unspecified atom stereocenters. The Balaban J connectivity index is 3.44. The van der Waals surface area contributed by atoms with Crippen LogP contribution in [0.5, 0.6) is 0 Å². The maximum atomic E-state index is 12.3. The molecule has 0 saturated heterocycles. The van der Waals surface area contributed by atoms with E-state index in [1.807, 2.05) is 0 Å². The molecule has 76 valence electrons. The van der Waals surface area contributed by atoms with Gasteiger partial charge in [0.2, 0.25) is 5.15 Å². The lowest BCUT2D eigenvalue weighted by Crippen LogP contribution is -1.99. The Hall–Kier alpha value is -1.01. The number of nitrogens with zero attached hydrogens (tertiary/aromatic N) is 2. The average molecular weight is 243 g/mol. The van der Waals surface area contributed by atoms with E-state index in [-0.39, 0.29) is 5.15 Å². The SMILES string of the molecule is O=[N+]([O-])c1c(C(F)F)cc(Cl)nc1Cl. The Bertz CT molecular complexity index is 386. The zero-order valence-corrected chi connectivity index (χ0v) is 7.89. The second-order valence-electron chi connectivity index (χ2n) is 2.23. The molecule has 0 fully saturated rings. The van der Waals surface area contributed by atoms with E-state index >= 15 is 0 Å². The van der Waals surface area contributed by atoms with Crippen LogP contribution in [0.4, 0.5) is 14.5 Å². The van der Waals surface area contributed by atoms with Crippen molar-refractivity contribution in [2.24, 2.45) is 0 Å². The Kier molecular flexibility index (Phi) is 3.17. The predicted molar refractivity (Wildman–Crippen MR) is 45.9 cm³/mol. The molecule has 1 heterocycles. The minimum Gasteiger partial charge on any atom is -0.258 e. The van der Waals surface area contributed by atoms with Crippen LogP contribution in [0.25, 0.3) is 0 Å². The first-order chi connectivity index (χ1) is 6.43. The molecule has 0 bridgehead atoms. The van der Waals surface area contributed by atoms with Crippen molar-refractivity contribution in [1.82, 2.24) is 4.98 Å². The lowest BCUT2D eigenvalue weighted by molar-refractivity contribution is -0.386. The van der Waals surface area contributed by atoms with E-state index in [0.717, 1.165) is 6.07 Å². The van der Waals surface area contributed by atoms with Crippen LogP contribution in [0.1, 0.15) is 12.0 Å². The highest BCUT2D eigenvalue weighted by atomic mass is 35.5. The molecule has 0 aliphatic heterocycles. The minimum absolute atomic E-state index is 0.309. The molecule has 1 rings (SSSR count). The lowest BCUT2D eigenvalue weighted by Gasteiger charge is -2.02. The molecule has 8 heteroatoms. The molecular weight excluding hydrogens is 241 g/mol. The third kappa shape index (κ3) is 2.08. The van der Waals surface area contributed by atoms with E-state index < -0.39 is 27.8 Å². The van der Waals surface area contributed by atoms with Crippen LogP contribution in [0, 0.1) is 10.1 Å². The van der Waals surface area contributed by atoms with Crippen molar-refractivity contribution in [3.8, 4) is 0 Å². The van der Waals surface area contributed by atoms with E-state index in [4.69, 9.17) is 23.2 Å². The molecule has 0 amide bonds. The fourth-order valence-corrected chi connectivity index (χ4v) is 1.36. The summed E-state index contributed by atoms with van der Waals surface area (Å²) in [7, 11) is 0. The summed E-state index contributed by atoms with van der Waals surface area (Å²) >= 11 is 10.6. The van der Waals surface area contributed by atoms with Crippen LogP contribution in [-0.4, -0.2) is 9.91 Å². The van der Waals surface area contributed by atoms with Crippen molar-refractivity contribution >= 4 is 28.9 Å². The van der Waals surface area contributed by atoms with Crippen molar-refractivity contribution < 1.29 is 13.7 Å². The van der Waals surface area contributed by atoms with Crippen molar-refractivity contribution in [3.63, 3.8) is 0 Å². The third-order valence-corrected chi connectivity index (χ3v) is 1.82. The second-order valence-corrected chi connectivity index (χ2v) is 2.98. The van der Waals surface area contributed by atoms with Gasteiger partial charge < -0.3 is 0 Å². The zero-order valence-electron chi connectivity index (χ0n) is 6.38. The Morgan fingerprint density at radius 2 is 2.07 bits per heavy atom. The molecule has 0 atom stereocenters. The molecular formula is C6H2Cl2F2N2O2. The molecule has 0 spiro atoms. The molecule has 0 saturated carbocycles. The number of halogens is 4. The molecule has 0 N–H and O–H groups in total. The molecule has 1 aromatic rings. The number of hydrogen-bond acceptors (Lipinski definition) is 3. The molecule has 0 aromatic carbocycles. The largest absolute Gasteiger partial charge is 0.315 e. The summed E-state index contributed by atoms with van der Waals surface area (Å²) in [6.45, 7) is 0. The summed E-state index contributed by atoms with van der Waals surface area (Å²) in [6, 6.07) is 0.718. The normalized spacial score (nSPS) is 10.6. The molecule has 1 aromatic heterocycles. The zero-order chi connectivity index (χ0) is 10.9. The van der Waals surface area contributed by atoms with Gasteiger partial charge in [-0.15, -0.1) is 0 Å². The number of aromatic nitrogens is 1. The summed E-state index contributed by atoms with van der Waals surface area (Å²) in [5, 5.41) is 9.41. The van der Waals surface area contributed by atoms with Crippen LogP contribution >= 0.6 is 23.2 Å². The second kappa shape index (κ2) is 4.02. The Labute approximate surface area is 86.6 Å². The number of hydrogen-bond donors (Lipinski definition) is 0. The first-order valence-electron chi connectivity index (χ1n) is 3.22. The van der Waals surface area contributed by atoms with Gasteiger partial charge in [0.15, 0.2) is 0 Å². The maximum absolute atomic E-state index is 12.3. The monoisotopic (exact) mass is 242 g/mol. The van der Waals surface area contributed by atoms with Crippen molar-refractivity contribution in [2.45, 2.75) is 6.43 Å². The van der Waals surface area contributed by atoms with Crippen LogP contribution < -0.4 is 0 Å². The topological polar surface area (TPSA) is 56.0 Å². The van der Waals surface area contributed by atoms with E-state index in [1.54, 1.807) is 0 Å². The van der Waals surface area contributed by atoms with Gasteiger partial charge in [0.25, 0.3) is 6.43 Å². The average Bonchev–Trinajstić information content (AvgIpc) is 2.01. The molecule has 0 aliphatic carbocycles. The van der Waals surface area contributed by atoms with E-state index in [2.05, 4.69) is 4.98 Å². The fourth-order valence-electron chi connectivity index (χ4n) is 0.842. The van der Waals surface area contributed by atoms with Crippen molar-refractivity contribution in [2.75, 3.05) is 0 Å². The summed E-state index contributed by atoms with van der Waals surface area (Å²) in [5.41, 5.74) is -1.74. The van der Waals surface area contributed by atoms with E-state index in [1.165, 1.54) is 0 Å².